The summed E-state index contributed by atoms with van der Waals surface area (Å²) in [5.41, 5.74) is 2.40. The smallest absolute Gasteiger partial charge is 0.367 e. The third-order valence-corrected chi connectivity index (χ3v) is 3.71. The Morgan fingerprint density at radius 1 is 1.33 bits per heavy atom. The van der Waals surface area contributed by atoms with Crippen LogP contribution in [-0.4, -0.2) is 23.5 Å². The molecule has 2 aromatic rings. The van der Waals surface area contributed by atoms with Gasteiger partial charge in [0.15, 0.2) is 0 Å². The van der Waals surface area contributed by atoms with Crippen molar-refractivity contribution in [3.8, 4) is 0 Å². The lowest BCUT2D eigenvalue weighted by molar-refractivity contribution is 0.0526. The van der Waals surface area contributed by atoms with Crippen LogP contribution in [-0.2, 0) is 11.3 Å². The average Bonchev–Trinajstić information content (AvgIpc) is 2.96. The molecule has 1 aromatic heterocycles. The highest BCUT2D eigenvalue weighted by molar-refractivity contribution is 7.11. The van der Waals surface area contributed by atoms with Crippen molar-refractivity contribution in [3.63, 3.8) is 0 Å². The zero-order valence-electron chi connectivity index (χ0n) is 11.9. The molecule has 5 nitrogen and oxygen atoms in total. The van der Waals surface area contributed by atoms with Gasteiger partial charge in [0.25, 0.3) is 5.91 Å². The van der Waals surface area contributed by atoms with E-state index in [1.54, 1.807) is 12.3 Å². The predicted molar refractivity (Wildman–Crippen MR) is 80.4 cm³/mol. The number of thiazole rings is 1. The minimum atomic E-state index is -0.500. The second-order valence-corrected chi connectivity index (χ2v) is 5.23. The van der Waals surface area contributed by atoms with Crippen LogP contribution >= 0.6 is 11.3 Å². The first-order chi connectivity index (χ1) is 10.1. The summed E-state index contributed by atoms with van der Waals surface area (Å²) in [6.45, 7) is 4.43. The average molecular weight is 304 g/mol. The summed E-state index contributed by atoms with van der Waals surface area (Å²) in [6, 6.07) is 7.83. The molecule has 0 spiro atoms. The zero-order valence-corrected chi connectivity index (χ0v) is 12.7. The Morgan fingerprint density at radius 3 is 2.81 bits per heavy atom. The van der Waals surface area contributed by atoms with E-state index in [-0.39, 0.29) is 23.2 Å². The van der Waals surface area contributed by atoms with Crippen molar-refractivity contribution < 1.29 is 14.3 Å². The fraction of sp³-hybridized carbons (Fsp3) is 0.267. The van der Waals surface area contributed by atoms with Gasteiger partial charge in [-0.25, -0.2) is 9.78 Å². The molecule has 0 atom stereocenters. The highest BCUT2D eigenvalue weighted by atomic mass is 32.1. The van der Waals surface area contributed by atoms with Crippen molar-refractivity contribution in [1.29, 1.82) is 0 Å². The number of nitrogens with one attached hydrogen (secondary N) is 1. The summed E-state index contributed by atoms with van der Waals surface area (Å²) in [5, 5.41) is 4.54. The van der Waals surface area contributed by atoms with Crippen LogP contribution in [0.5, 0.6) is 0 Å². The standard InChI is InChI=1S/C15H16N2O3S/c1-3-20-15(19)14-17-12(9-21-14)13(18)16-8-11-7-5-4-6-10(11)2/h4-7,9H,3,8H2,1-2H3,(H,16,18). The summed E-state index contributed by atoms with van der Waals surface area (Å²) in [6.07, 6.45) is 0. The van der Waals surface area contributed by atoms with E-state index in [1.807, 2.05) is 31.2 Å². The fourth-order valence-corrected chi connectivity index (χ4v) is 2.43. The van der Waals surface area contributed by atoms with Gasteiger partial charge in [-0.15, -0.1) is 11.3 Å². The summed E-state index contributed by atoms with van der Waals surface area (Å²) in [5.74, 6) is -0.800. The number of benzene rings is 1. The van der Waals surface area contributed by atoms with Gasteiger partial charge in [0.05, 0.1) is 6.61 Å². The molecule has 0 aliphatic carbocycles. The number of carbonyl (C=O) groups excluding carboxylic acids is 2. The Labute approximate surface area is 127 Å². The molecule has 2 rings (SSSR count). The Morgan fingerprint density at radius 2 is 2.10 bits per heavy atom. The second kappa shape index (κ2) is 6.99. The summed E-state index contributed by atoms with van der Waals surface area (Å²) >= 11 is 1.10. The number of hydrogen-bond donors (Lipinski definition) is 1. The van der Waals surface area contributed by atoms with Gasteiger partial charge in [0.2, 0.25) is 5.01 Å². The third-order valence-electron chi connectivity index (χ3n) is 2.89. The van der Waals surface area contributed by atoms with Crippen LogP contribution in [0.1, 0.15) is 38.3 Å². The summed E-state index contributed by atoms with van der Waals surface area (Å²) in [7, 11) is 0. The molecule has 110 valence electrons. The second-order valence-electron chi connectivity index (χ2n) is 4.37. The molecule has 0 bridgehead atoms. The number of hydrogen-bond acceptors (Lipinski definition) is 5. The highest BCUT2D eigenvalue weighted by Crippen LogP contribution is 2.12. The molecule has 1 heterocycles. The Balaban J connectivity index is 1.98. The van der Waals surface area contributed by atoms with Crippen molar-refractivity contribution in [2.45, 2.75) is 20.4 Å². The maximum Gasteiger partial charge on any atom is 0.367 e. The number of amides is 1. The third kappa shape index (κ3) is 3.88. The first-order valence-electron chi connectivity index (χ1n) is 6.57. The lowest BCUT2D eigenvalue weighted by atomic mass is 10.1. The Kier molecular flexibility index (Phi) is 5.05. The summed E-state index contributed by atoms with van der Waals surface area (Å²) in [4.78, 5) is 27.5. The van der Waals surface area contributed by atoms with Crippen LogP contribution < -0.4 is 5.32 Å². The number of carbonyl (C=O) groups is 2. The molecule has 0 aliphatic rings. The molecule has 1 N–H and O–H groups in total. The van der Waals surface area contributed by atoms with Crippen molar-refractivity contribution in [2.24, 2.45) is 0 Å². The van der Waals surface area contributed by atoms with Crippen LogP contribution in [0, 0.1) is 6.92 Å². The normalized spacial score (nSPS) is 10.2. The van der Waals surface area contributed by atoms with Crippen molar-refractivity contribution in [3.05, 3.63) is 51.5 Å². The van der Waals surface area contributed by atoms with E-state index in [0.717, 1.165) is 22.5 Å². The van der Waals surface area contributed by atoms with Gasteiger partial charge in [-0.1, -0.05) is 24.3 Å². The molecule has 0 fully saturated rings. The van der Waals surface area contributed by atoms with E-state index >= 15 is 0 Å². The molecule has 1 aromatic carbocycles. The van der Waals surface area contributed by atoms with E-state index in [0.29, 0.717) is 6.54 Å². The fourth-order valence-electron chi connectivity index (χ4n) is 1.74. The maximum atomic E-state index is 12.0. The molecule has 0 saturated heterocycles. The quantitative estimate of drug-likeness (QED) is 0.862. The van der Waals surface area contributed by atoms with Crippen LogP contribution in [0.25, 0.3) is 0 Å². The molecule has 0 unspecified atom stereocenters. The van der Waals surface area contributed by atoms with Crippen molar-refractivity contribution in [1.82, 2.24) is 10.3 Å². The van der Waals surface area contributed by atoms with E-state index in [4.69, 9.17) is 4.74 Å². The van der Waals surface area contributed by atoms with Crippen LogP contribution in [0.3, 0.4) is 0 Å². The SMILES string of the molecule is CCOC(=O)c1nc(C(=O)NCc2ccccc2C)cs1. The zero-order chi connectivity index (χ0) is 15.2. The summed E-state index contributed by atoms with van der Waals surface area (Å²) < 4.78 is 4.84. The largest absolute Gasteiger partial charge is 0.461 e. The van der Waals surface area contributed by atoms with Gasteiger partial charge in [-0.3, -0.25) is 4.79 Å². The van der Waals surface area contributed by atoms with Gasteiger partial charge >= 0.3 is 5.97 Å². The minimum absolute atomic E-state index is 0.192. The lowest BCUT2D eigenvalue weighted by Gasteiger charge is -2.06. The predicted octanol–water partition coefficient (Wildman–Crippen LogP) is 2.56. The van der Waals surface area contributed by atoms with E-state index in [9.17, 15) is 9.59 Å². The first kappa shape index (κ1) is 15.2. The maximum absolute atomic E-state index is 12.0. The molecule has 0 aliphatic heterocycles. The van der Waals surface area contributed by atoms with Gasteiger partial charge in [-0.05, 0) is 25.0 Å². The van der Waals surface area contributed by atoms with E-state index in [2.05, 4.69) is 10.3 Å². The molecule has 21 heavy (non-hydrogen) atoms. The van der Waals surface area contributed by atoms with Gasteiger partial charge in [0, 0.05) is 11.9 Å². The number of nitrogens with zero attached hydrogens (tertiary/aromatic N) is 1. The lowest BCUT2D eigenvalue weighted by Crippen LogP contribution is -2.23. The minimum Gasteiger partial charge on any atom is -0.461 e. The van der Waals surface area contributed by atoms with E-state index < -0.39 is 5.97 Å². The molecule has 1 amide bonds. The number of ether oxygens (including phenoxy) is 1. The Hall–Kier alpha value is -2.21. The van der Waals surface area contributed by atoms with Gasteiger partial charge < -0.3 is 10.1 Å². The Bertz CT molecular complexity index is 652. The van der Waals surface area contributed by atoms with Crippen LogP contribution in [0.15, 0.2) is 29.6 Å². The molecule has 0 radical (unpaired) electrons. The topological polar surface area (TPSA) is 68.3 Å². The number of aryl methyl sites for hydroxylation is 1. The number of rotatable bonds is 5. The monoisotopic (exact) mass is 304 g/mol. The van der Waals surface area contributed by atoms with Gasteiger partial charge in [-0.2, -0.15) is 0 Å². The number of aromatic nitrogens is 1. The molecular formula is C15H16N2O3S. The van der Waals surface area contributed by atoms with Crippen LogP contribution in [0.2, 0.25) is 0 Å². The van der Waals surface area contributed by atoms with Crippen molar-refractivity contribution in [2.75, 3.05) is 6.61 Å². The molecule has 0 saturated carbocycles. The van der Waals surface area contributed by atoms with Gasteiger partial charge in [0.1, 0.15) is 5.69 Å². The molecule has 6 heteroatoms. The van der Waals surface area contributed by atoms with Crippen molar-refractivity contribution >= 4 is 23.2 Å². The van der Waals surface area contributed by atoms with Crippen LogP contribution in [0.4, 0.5) is 0 Å². The number of esters is 1. The first-order valence-corrected chi connectivity index (χ1v) is 7.45. The molecular weight excluding hydrogens is 288 g/mol. The highest BCUT2D eigenvalue weighted by Gasteiger charge is 2.16. The van der Waals surface area contributed by atoms with E-state index in [1.165, 1.54) is 0 Å².